The number of anilines is 2. The van der Waals surface area contributed by atoms with E-state index < -0.39 is 11.9 Å². The summed E-state index contributed by atoms with van der Waals surface area (Å²) in [6.45, 7) is 5.73. The van der Waals surface area contributed by atoms with Crippen molar-refractivity contribution in [3.8, 4) is 0 Å². The maximum Gasteiger partial charge on any atom is 0.246 e. The molecule has 0 aromatic heterocycles. The number of aryl methyl sites for hydroxylation is 2. The molecule has 116 valence electrons. The molecule has 2 rings (SSSR count). The van der Waals surface area contributed by atoms with Crippen LogP contribution in [0.5, 0.6) is 0 Å². The summed E-state index contributed by atoms with van der Waals surface area (Å²) in [6, 6.07) is 9.42. The second-order valence-electron chi connectivity index (χ2n) is 5.30. The average Bonchev–Trinajstić information content (AvgIpc) is 2.45. The van der Waals surface area contributed by atoms with Crippen LogP contribution < -0.4 is 10.6 Å². The minimum atomic E-state index is -0.457. The summed E-state index contributed by atoms with van der Waals surface area (Å²) in [5.41, 5.74) is 3.47. The van der Waals surface area contributed by atoms with Crippen LogP contribution in [-0.4, -0.2) is 11.9 Å². The fraction of sp³-hybridized carbons (Fsp3) is 0.235. The molecular weight excluding hydrogens is 303 g/mol. The summed E-state index contributed by atoms with van der Waals surface area (Å²) in [7, 11) is 0. The van der Waals surface area contributed by atoms with Gasteiger partial charge in [-0.1, -0.05) is 23.7 Å². The number of carbonyl (C=O) groups is 1. The summed E-state index contributed by atoms with van der Waals surface area (Å²) in [4.78, 5) is 12.2. The monoisotopic (exact) mass is 320 g/mol. The molecule has 0 aliphatic carbocycles. The largest absolute Gasteiger partial charge is 0.374 e. The van der Waals surface area contributed by atoms with Gasteiger partial charge in [0.05, 0.1) is 10.7 Å². The zero-order valence-corrected chi connectivity index (χ0v) is 13.5. The normalized spacial score (nSPS) is 11.9. The van der Waals surface area contributed by atoms with Crippen LogP contribution in [0.4, 0.5) is 15.8 Å². The maximum atomic E-state index is 13.0. The van der Waals surface area contributed by atoms with Gasteiger partial charge in [0, 0.05) is 5.69 Å². The number of hydrogen-bond acceptors (Lipinski definition) is 2. The lowest BCUT2D eigenvalue weighted by molar-refractivity contribution is -0.116. The van der Waals surface area contributed by atoms with Crippen molar-refractivity contribution >= 4 is 28.9 Å². The molecule has 5 heteroatoms. The minimum absolute atomic E-state index is 0.173. The molecule has 0 bridgehead atoms. The predicted octanol–water partition coefficient (Wildman–Crippen LogP) is 4.54. The Hall–Kier alpha value is -2.07. The Kier molecular flexibility index (Phi) is 5.03. The zero-order valence-electron chi connectivity index (χ0n) is 12.7. The number of rotatable bonds is 4. The summed E-state index contributed by atoms with van der Waals surface area (Å²) in [5.74, 6) is -0.682. The Balaban J connectivity index is 2.07. The SMILES string of the molecule is Cc1ccc(C)c(N[C@H](C)C(=O)Nc2ccc(F)cc2Cl)c1. The third-order valence-corrected chi connectivity index (χ3v) is 3.66. The first-order chi connectivity index (χ1) is 10.4. The second-order valence-corrected chi connectivity index (χ2v) is 5.71. The molecule has 2 aromatic rings. The lowest BCUT2D eigenvalue weighted by Crippen LogP contribution is -2.32. The van der Waals surface area contributed by atoms with Gasteiger partial charge in [0.25, 0.3) is 0 Å². The molecule has 22 heavy (non-hydrogen) atoms. The Labute approximate surface area is 134 Å². The number of halogens is 2. The molecule has 0 radical (unpaired) electrons. The smallest absolute Gasteiger partial charge is 0.246 e. The Bertz CT molecular complexity index is 703. The quantitative estimate of drug-likeness (QED) is 0.868. The van der Waals surface area contributed by atoms with Crippen LogP contribution in [0.2, 0.25) is 5.02 Å². The van der Waals surface area contributed by atoms with Crippen LogP contribution in [-0.2, 0) is 4.79 Å². The summed E-state index contributed by atoms with van der Waals surface area (Å²) in [5, 5.41) is 6.04. The molecular formula is C17H18ClFN2O. The third-order valence-electron chi connectivity index (χ3n) is 3.35. The molecule has 0 fully saturated rings. The number of carbonyl (C=O) groups excluding carboxylic acids is 1. The molecule has 3 nitrogen and oxygen atoms in total. The van der Waals surface area contributed by atoms with Crippen molar-refractivity contribution in [1.82, 2.24) is 0 Å². The van der Waals surface area contributed by atoms with Crippen molar-refractivity contribution < 1.29 is 9.18 Å². The van der Waals surface area contributed by atoms with E-state index in [-0.39, 0.29) is 10.9 Å². The topological polar surface area (TPSA) is 41.1 Å². The molecule has 0 aliphatic rings. The predicted molar refractivity (Wildman–Crippen MR) is 89.0 cm³/mol. The van der Waals surface area contributed by atoms with Gasteiger partial charge in [0.15, 0.2) is 0 Å². The van der Waals surface area contributed by atoms with Crippen molar-refractivity contribution in [2.45, 2.75) is 26.8 Å². The molecule has 0 saturated carbocycles. The third kappa shape index (κ3) is 3.98. The van der Waals surface area contributed by atoms with E-state index >= 15 is 0 Å². The fourth-order valence-corrected chi connectivity index (χ4v) is 2.24. The van der Waals surface area contributed by atoms with Gasteiger partial charge in [0.1, 0.15) is 11.9 Å². The highest BCUT2D eigenvalue weighted by molar-refractivity contribution is 6.33. The highest BCUT2D eigenvalue weighted by Gasteiger charge is 2.15. The fourth-order valence-electron chi connectivity index (χ4n) is 2.02. The molecule has 2 N–H and O–H groups in total. The number of benzene rings is 2. The molecule has 1 amide bonds. The summed E-state index contributed by atoms with van der Waals surface area (Å²) in [6.07, 6.45) is 0. The molecule has 0 spiro atoms. The van der Waals surface area contributed by atoms with Crippen molar-refractivity contribution in [3.63, 3.8) is 0 Å². The first-order valence-corrected chi connectivity index (χ1v) is 7.34. The van der Waals surface area contributed by atoms with Crippen molar-refractivity contribution in [1.29, 1.82) is 0 Å². The van der Waals surface area contributed by atoms with Gasteiger partial charge in [-0.05, 0) is 56.2 Å². The van der Waals surface area contributed by atoms with Gasteiger partial charge >= 0.3 is 0 Å². The van der Waals surface area contributed by atoms with E-state index in [0.717, 1.165) is 16.8 Å². The van der Waals surface area contributed by atoms with Crippen LogP contribution in [0.1, 0.15) is 18.1 Å². The number of nitrogens with one attached hydrogen (secondary N) is 2. The molecule has 1 atom stereocenters. The lowest BCUT2D eigenvalue weighted by atomic mass is 10.1. The highest BCUT2D eigenvalue weighted by atomic mass is 35.5. The highest BCUT2D eigenvalue weighted by Crippen LogP contribution is 2.23. The standard InChI is InChI=1S/C17H18ClFN2O/c1-10-4-5-11(2)16(8-10)20-12(3)17(22)21-15-7-6-13(19)9-14(15)18/h4-9,12,20H,1-3H3,(H,21,22)/t12-/m1/s1. The van der Waals surface area contributed by atoms with E-state index in [1.807, 2.05) is 32.0 Å². The lowest BCUT2D eigenvalue weighted by Gasteiger charge is -2.18. The Morgan fingerprint density at radius 2 is 1.86 bits per heavy atom. The number of hydrogen-bond donors (Lipinski definition) is 2. The van der Waals surface area contributed by atoms with Gasteiger partial charge in [0.2, 0.25) is 5.91 Å². The van der Waals surface area contributed by atoms with E-state index in [1.165, 1.54) is 18.2 Å². The van der Waals surface area contributed by atoms with Crippen LogP contribution >= 0.6 is 11.6 Å². The zero-order chi connectivity index (χ0) is 16.3. The van der Waals surface area contributed by atoms with Gasteiger partial charge in [-0.25, -0.2) is 4.39 Å². The second kappa shape index (κ2) is 6.79. The van der Waals surface area contributed by atoms with E-state index in [0.29, 0.717) is 5.69 Å². The summed E-state index contributed by atoms with van der Waals surface area (Å²) < 4.78 is 13.0. The van der Waals surface area contributed by atoms with Crippen LogP contribution in [0, 0.1) is 19.7 Å². The molecule has 0 unspecified atom stereocenters. The first-order valence-electron chi connectivity index (χ1n) is 6.96. The number of amides is 1. The summed E-state index contributed by atoms with van der Waals surface area (Å²) >= 11 is 5.91. The Morgan fingerprint density at radius 1 is 1.14 bits per heavy atom. The van der Waals surface area contributed by atoms with E-state index in [2.05, 4.69) is 10.6 Å². The Morgan fingerprint density at radius 3 is 2.55 bits per heavy atom. The molecule has 0 saturated heterocycles. The van der Waals surface area contributed by atoms with E-state index in [9.17, 15) is 9.18 Å². The van der Waals surface area contributed by atoms with Crippen LogP contribution in [0.3, 0.4) is 0 Å². The van der Waals surface area contributed by atoms with Gasteiger partial charge < -0.3 is 10.6 Å². The molecule has 2 aromatic carbocycles. The van der Waals surface area contributed by atoms with Crippen molar-refractivity contribution in [2.75, 3.05) is 10.6 Å². The molecule has 0 heterocycles. The average molecular weight is 321 g/mol. The first kappa shape index (κ1) is 16.3. The van der Waals surface area contributed by atoms with Crippen molar-refractivity contribution in [3.05, 3.63) is 58.4 Å². The van der Waals surface area contributed by atoms with Gasteiger partial charge in [-0.3, -0.25) is 4.79 Å². The van der Waals surface area contributed by atoms with E-state index in [1.54, 1.807) is 6.92 Å². The van der Waals surface area contributed by atoms with Crippen LogP contribution in [0.25, 0.3) is 0 Å². The van der Waals surface area contributed by atoms with Crippen LogP contribution in [0.15, 0.2) is 36.4 Å². The van der Waals surface area contributed by atoms with E-state index in [4.69, 9.17) is 11.6 Å². The minimum Gasteiger partial charge on any atom is -0.374 e. The van der Waals surface area contributed by atoms with Gasteiger partial charge in [-0.2, -0.15) is 0 Å². The van der Waals surface area contributed by atoms with Gasteiger partial charge in [-0.15, -0.1) is 0 Å². The maximum absolute atomic E-state index is 13.0. The molecule has 0 aliphatic heterocycles. The van der Waals surface area contributed by atoms with Crippen molar-refractivity contribution in [2.24, 2.45) is 0 Å².